The molecule has 0 aromatic carbocycles. The molecule has 2 aliphatic heterocycles. The van der Waals surface area contributed by atoms with E-state index in [0.717, 1.165) is 70.8 Å². The monoisotopic (exact) mass is 348 g/mol. The summed E-state index contributed by atoms with van der Waals surface area (Å²) in [5, 5.41) is 14.8. The molecule has 2 fully saturated rings. The Morgan fingerprint density at radius 1 is 1.32 bits per heavy atom. The summed E-state index contributed by atoms with van der Waals surface area (Å²) in [7, 11) is 0. The van der Waals surface area contributed by atoms with Crippen LogP contribution in [0.5, 0.6) is 0 Å². The van der Waals surface area contributed by atoms with Gasteiger partial charge in [0, 0.05) is 38.4 Å². The van der Waals surface area contributed by atoms with E-state index in [1.165, 1.54) is 0 Å². The summed E-state index contributed by atoms with van der Waals surface area (Å²) in [6.07, 6.45) is 5.47. The van der Waals surface area contributed by atoms with Gasteiger partial charge in [0.05, 0.1) is 37.5 Å². The summed E-state index contributed by atoms with van der Waals surface area (Å²) < 4.78 is 7.46. The van der Waals surface area contributed by atoms with Crippen LogP contribution in [0.2, 0.25) is 0 Å². The second-order valence-electron chi connectivity index (χ2n) is 7.68. The molecule has 1 saturated heterocycles. The maximum absolute atomic E-state index is 13.0. The van der Waals surface area contributed by atoms with E-state index < -0.39 is 5.60 Å². The van der Waals surface area contributed by atoms with Gasteiger partial charge < -0.3 is 14.7 Å². The number of aryl methyl sites for hydroxylation is 1. The Hall–Kier alpha value is -1.44. The molecule has 7 nitrogen and oxygen atoms in total. The Bertz CT molecular complexity index is 607. The molecule has 1 saturated carbocycles. The topological polar surface area (TPSA) is 70.8 Å². The second-order valence-corrected chi connectivity index (χ2v) is 7.68. The molecule has 0 unspecified atom stereocenters. The number of aromatic nitrogens is 2. The Balaban J connectivity index is 1.49. The van der Waals surface area contributed by atoms with Gasteiger partial charge in [-0.3, -0.25) is 14.4 Å². The first-order chi connectivity index (χ1) is 12.1. The summed E-state index contributed by atoms with van der Waals surface area (Å²) >= 11 is 0. The van der Waals surface area contributed by atoms with Crippen molar-refractivity contribution in [2.75, 3.05) is 32.8 Å². The van der Waals surface area contributed by atoms with E-state index in [-0.39, 0.29) is 18.4 Å². The number of carbonyl (C=O) groups is 1. The van der Waals surface area contributed by atoms with Crippen LogP contribution < -0.4 is 0 Å². The third-order valence-electron chi connectivity index (χ3n) is 5.91. The second kappa shape index (κ2) is 7.05. The van der Waals surface area contributed by atoms with E-state index in [4.69, 9.17) is 4.74 Å². The first kappa shape index (κ1) is 17.0. The van der Waals surface area contributed by atoms with Gasteiger partial charge >= 0.3 is 0 Å². The molecule has 1 N–H and O–H groups in total. The van der Waals surface area contributed by atoms with E-state index in [0.29, 0.717) is 6.54 Å². The fraction of sp³-hybridized carbons (Fsp3) is 0.778. The lowest BCUT2D eigenvalue weighted by atomic mass is 9.77. The van der Waals surface area contributed by atoms with Crippen LogP contribution in [0.4, 0.5) is 0 Å². The van der Waals surface area contributed by atoms with Gasteiger partial charge in [-0.1, -0.05) is 0 Å². The van der Waals surface area contributed by atoms with Gasteiger partial charge in [-0.25, -0.2) is 0 Å². The quantitative estimate of drug-likeness (QED) is 0.864. The third-order valence-corrected chi connectivity index (χ3v) is 5.91. The number of nitrogens with zero attached hydrogens (tertiary/aromatic N) is 4. The predicted octanol–water partition coefficient (Wildman–Crippen LogP) is 0.621. The number of aliphatic hydroxyl groups is 1. The summed E-state index contributed by atoms with van der Waals surface area (Å²) in [5.74, 6) is 0.0788. The van der Waals surface area contributed by atoms with E-state index in [1.54, 1.807) is 6.20 Å². The summed E-state index contributed by atoms with van der Waals surface area (Å²) in [4.78, 5) is 17.4. The van der Waals surface area contributed by atoms with Crippen molar-refractivity contribution in [1.82, 2.24) is 19.6 Å². The molecule has 25 heavy (non-hydrogen) atoms. The van der Waals surface area contributed by atoms with Gasteiger partial charge in [0.2, 0.25) is 5.91 Å². The number of amides is 1. The van der Waals surface area contributed by atoms with Crippen LogP contribution in [0.1, 0.15) is 37.8 Å². The minimum Gasteiger partial charge on any atom is -0.389 e. The van der Waals surface area contributed by atoms with E-state index in [1.807, 2.05) is 15.6 Å². The average Bonchev–Trinajstić information content (AvgIpc) is 2.96. The lowest BCUT2D eigenvalue weighted by Crippen LogP contribution is -2.51. The van der Waals surface area contributed by atoms with Crippen LogP contribution in [0.25, 0.3) is 0 Å². The predicted molar refractivity (Wildman–Crippen MR) is 91.9 cm³/mol. The van der Waals surface area contributed by atoms with Gasteiger partial charge in [0.25, 0.3) is 0 Å². The highest BCUT2D eigenvalue weighted by atomic mass is 16.5. The van der Waals surface area contributed by atoms with Crippen LogP contribution in [-0.2, 0) is 22.6 Å². The average molecular weight is 348 g/mol. The van der Waals surface area contributed by atoms with Crippen LogP contribution in [-0.4, -0.2) is 75.1 Å². The zero-order chi connectivity index (χ0) is 17.3. The Morgan fingerprint density at radius 3 is 2.84 bits per heavy atom. The summed E-state index contributed by atoms with van der Waals surface area (Å²) in [6.45, 7) is 5.68. The van der Waals surface area contributed by atoms with Crippen molar-refractivity contribution in [3.63, 3.8) is 0 Å². The van der Waals surface area contributed by atoms with Crippen LogP contribution in [0, 0.1) is 0 Å². The van der Waals surface area contributed by atoms with Crippen LogP contribution in [0.3, 0.4) is 0 Å². The van der Waals surface area contributed by atoms with Crippen LogP contribution in [0.15, 0.2) is 12.3 Å². The van der Waals surface area contributed by atoms with Gasteiger partial charge in [-0.05, 0) is 31.7 Å². The standard InChI is InChI=1S/C18H28N4O3/c23-17(12-18(24)4-1-5-18)21-14-16-2-6-19-22(16)7-3-15(21)13-20-8-10-25-11-9-20/h2,6,15,24H,1,3-5,7-14H2/t15-/m1/s1. The maximum atomic E-state index is 13.0. The van der Waals surface area contributed by atoms with E-state index >= 15 is 0 Å². The molecule has 3 heterocycles. The molecule has 0 spiro atoms. The molecule has 3 aliphatic rings. The zero-order valence-electron chi connectivity index (χ0n) is 14.8. The summed E-state index contributed by atoms with van der Waals surface area (Å²) in [5.41, 5.74) is 0.311. The minimum absolute atomic E-state index is 0.0788. The Kier molecular flexibility index (Phi) is 4.80. The number of ether oxygens (including phenoxy) is 1. The summed E-state index contributed by atoms with van der Waals surface area (Å²) in [6, 6.07) is 2.16. The number of carbonyl (C=O) groups excluding carboxylic acids is 1. The molecule has 1 aliphatic carbocycles. The molecular formula is C18H28N4O3. The smallest absolute Gasteiger partial charge is 0.226 e. The lowest BCUT2D eigenvalue weighted by Gasteiger charge is -2.40. The first-order valence-electron chi connectivity index (χ1n) is 9.46. The normalized spacial score (nSPS) is 26.6. The lowest BCUT2D eigenvalue weighted by molar-refractivity contribution is -0.144. The fourth-order valence-corrected chi connectivity index (χ4v) is 4.13. The molecule has 7 heteroatoms. The van der Waals surface area contributed by atoms with Crippen molar-refractivity contribution in [2.45, 2.75) is 56.8 Å². The molecule has 1 atom stereocenters. The van der Waals surface area contributed by atoms with Crippen molar-refractivity contribution in [3.8, 4) is 0 Å². The number of fused-ring (bicyclic) bond motifs is 1. The maximum Gasteiger partial charge on any atom is 0.226 e. The van der Waals surface area contributed by atoms with Crippen LogP contribution >= 0.6 is 0 Å². The number of morpholine rings is 1. The highest BCUT2D eigenvalue weighted by Gasteiger charge is 2.39. The van der Waals surface area contributed by atoms with E-state index in [2.05, 4.69) is 10.00 Å². The molecule has 4 rings (SSSR count). The zero-order valence-corrected chi connectivity index (χ0v) is 14.8. The molecule has 1 aromatic rings. The molecule has 1 amide bonds. The van der Waals surface area contributed by atoms with Gasteiger partial charge in [-0.15, -0.1) is 0 Å². The van der Waals surface area contributed by atoms with Gasteiger partial charge in [0.15, 0.2) is 0 Å². The molecule has 138 valence electrons. The number of hydrogen-bond acceptors (Lipinski definition) is 5. The highest BCUT2D eigenvalue weighted by Crippen LogP contribution is 2.35. The van der Waals surface area contributed by atoms with Crippen molar-refractivity contribution >= 4 is 5.91 Å². The first-order valence-corrected chi connectivity index (χ1v) is 9.46. The van der Waals surface area contributed by atoms with Crippen molar-refractivity contribution < 1.29 is 14.6 Å². The van der Waals surface area contributed by atoms with E-state index in [9.17, 15) is 9.90 Å². The number of hydrogen-bond donors (Lipinski definition) is 1. The van der Waals surface area contributed by atoms with Crippen molar-refractivity contribution in [3.05, 3.63) is 18.0 Å². The van der Waals surface area contributed by atoms with Gasteiger partial charge in [-0.2, -0.15) is 5.10 Å². The largest absolute Gasteiger partial charge is 0.389 e. The molecule has 0 radical (unpaired) electrons. The molecule has 1 aromatic heterocycles. The Morgan fingerprint density at radius 2 is 2.12 bits per heavy atom. The minimum atomic E-state index is -0.771. The molecular weight excluding hydrogens is 320 g/mol. The number of rotatable bonds is 4. The highest BCUT2D eigenvalue weighted by molar-refractivity contribution is 5.78. The van der Waals surface area contributed by atoms with Gasteiger partial charge in [0.1, 0.15) is 0 Å². The SMILES string of the molecule is O=C(CC1(O)CCC1)N1Cc2ccnn2CC[C@@H]1CN1CCOCC1. The Labute approximate surface area is 148 Å². The third kappa shape index (κ3) is 3.73. The van der Waals surface area contributed by atoms with Crippen molar-refractivity contribution in [2.24, 2.45) is 0 Å². The molecule has 0 bridgehead atoms. The fourth-order valence-electron chi connectivity index (χ4n) is 4.13. The van der Waals surface area contributed by atoms with Crippen molar-refractivity contribution in [1.29, 1.82) is 0 Å².